The maximum atomic E-state index is 12.4. The summed E-state index contributed by atoms with van der Waals surface area (Å²) in [6.45, 7) is 0.642. The van der Waals surface area contributed by atoms with E-state index in [-0.39, 0.29) is 24.5 Å². The van der Waals surface area contributed by atoms with Crippen molar-refractivity contribution < 1.29 is 19.8 Å². The van der Waals surface area contributed by atoms with Gasteiger partial charge in [0.2, 0.25) is 5.91 Å². The van der Waals surface area contributed by atoms with Gasteiger partial charge in [0.1, 0.15) is 0 Å². The van der Waals surface area contributed by atoms with Crippen molar-refractivity contribution in [2.75, 3.05) is 13.2 Å². The molecule has 2 N–H and O–H groups in total. The standard InChI is InChI=1S/C13H21NO4/c15-8-9-4-3-7-14(9)12(16)10-5-1-2-6-11(10)13(17)18/h9-11,15H,1-8H2,(H,17,18)/t9?,10-,11+/m0/s1. The summed E-state index contributed by atoms with van der Waals surface area (Å²) in [6.07, 6.45) is 4.82. The lowest BCUT2D eigenvalue weighted by Crippen LogP contribution is -2.45. The number of carbonyl (C=O) groups is 2. The number of carbonyl (C=O) groups excluding carboxylic acids is 1. The molecule has 1 aliphatic heterocycles. The summed E-state index contributed by atoms with van der Waals surface area (Å²) >= 11 is 0. The third-order valence-electron chi connectivity index (χ3n) is 4.27. The molecule has 0 aromatic heterocycles. The van der Waals surface area contributed by atoms with Crippen LogP contribution in [0.1, 0.15) is 38.5 Å². The molecular formula is C13H21NO4. The van der Waals surface area contributed by atoms with E-state index >= 15 is 0 Å². The molecule has 3 atom stereocenters. The smallest absolute Gasteiger partial charge is 0.307 e. The molecule has 0 spiro atoms. The number of nitrogens with zero attached hydrogens (tertiary/aromatic N) is 1. The Morgan fingerprint density at radius 1 is 1.06 bits per heavy atom. The average molecular weight is 255 g/mol. The summed E-state index contributed by atoms with van der Waals surface area (Å²) in [5, 5.41) is 18.5. The van der Waals surface area contributed by atoms with E-state index in [1.54, 1.807) is 4.90 Å². The van der Waals surface area contributed by atoms with Gasteiger partial charge in [-0.25, -0.2) is 0 Å². The van der Waals surface area contributed by atoms with Crippen LogP contribution in [0.15, 0.2) is 0 Å². The Morgan fingerprint density at radius 2 is 1.72 bits per heavy atom. The molecule has 2 rings (SSSR count). The zero-order valence-electron chi connectivity index (χ0n) is 10.5. The van der Waals surface area contributed by atoms with Gasteiger partial charge >= 0.3 is 5.97 Å². The predicted octanol–water partition coefficient (Wildman–Crippen LogP) is 0.861. The van der Waals surface area contributed by atoms with Crippen molar-refractivity contribution >= 4 is 11.9 Å². The second-order valence-electron chi connectivity index (χ2n) is 5.35. The highest BCUT2D eigenvalue weighted by Crippen LogP contribution is 2.33. The average Bonchev–Trinajstić information content (AvgIpc) is 2.86. The minimum absolute atomic E-state index is 0.0177. The van der Waals surface area contributed by atoms with E-state index in [4.69, 9.17) is 0 Å². The van der Waals surface area contributed by atoms with Gasteiger partial charge in [-0.1, -0.05) is 12.8 Å². The molecule has 1 amide bonds. The summed E-state index contributed by atoms with van der Waals surface area (Å²) in [5.74, 6) is -1.83. The normalized spacial score (nSPS) is 32.5. The number of aliphatic hydroxyl groups is 1. The van der Waals surface area contributed by atoms with Gasteiger partial charge in [0.25, 0.3) is 0 Å². The maximum Gasteiger partial charge on any atom is 0.307 e. The zero-order valence-corrected chi connectivity index (χ0v) is 10.5. The molecule has 1 saturated heterocycles. The zero-order chi connectivity index (χ0) is 13.1. The second kappa shape index (κ2) is 5.69. The minimum atomic E-state index is -0.854. The number of aliphatic hydroxyl groups excluding tert-OH is 1. The van der Waals surface area contributed by atoms with Crippen molar-refractivity contribution in [1.82, 2.24) is 4.90 Å². The van der Waals surface area contributed by atoms with Gasteiger partial charge in [-0.05, 0) is 25.7 Å². The molecule has 5 nitrogen and oxygen atoms in total. The van der Waals surface area contributed by atoms with Crippen LogP contribution in [0.25, 0.3) is 0 Å². The molecule has 0 bridgehead atoms. The van der Waals surface area contributed by atoms with Gasteiger partial charge in [-0.2, -0.15) is 0 Å². The highest BCUT2D eigenvalue weighted by molar-refractivity contribution is 5.85. The highest BCUT2D eigenvalue weighted by atomic mass is 16.4. The van der Waals surface area contributed by atoms with Gasteiger partial charge in [0.15, 0.2) is 0 Å². The number of hydrogen-bond acceptors (Lipinski definition) is 3. The Morgan fingerprint density at radius 3 is 2.33 bits per heavy atom. The molecule has 1 heterocycles. The molecule has 102 valence electrons. The Balaban J connectivity index is 2.08. The molecule has 1 aliphatic carbocycles. The lowest BCUT2D eigenvalue weighted by atomic mass is 9.78. The molecule has 2 fully saturated rings. The predicted molar refractivity (Wildman–Crippen MR) is 64.9 cm³/mol. The Kier molecular flexibility index (Phi) is 4.22. The fourth-order valence-corrected chi connectivity index (χ4v) is 3.25. The number of aliphatic carboxylic acids is 1. The summed E-state index contributed by atoms with van der Waals surface area (Å²) < 4.78 is 0. The van der Waals surface area contributed by atoms with E-state index in [1.165, 1.54) is 0 Å². The topological polar surface area (TPSA) is 77.8 Å². The van der Waals surface area contributed by atoms with Crippen LogP contribution in [0.3, 0.4) is 0 Å². The number of amides is 1. The van der Waals surface area contributed by atoms with Crippen molar-refractivity contribution in [2.24, 2.45) is 11.8 Å². The molecule has 2 aliphatic rings. The van der Waals surface area contributed by atoms with E-state index in [9.17, 15) is 19.8 Å². The number of rotatable bonds is 3. The van der Waals surface area contributed by atoms with E-state index in [0.29, 0.717) is 19.4 Å². The fraction of sp³-hybridized carbons (Fsp3) is 0.846. The van der Waals surface area contributed by atoms with Gasteiger partial charge in [-0.15, -0.1) is 0 Å². The van der Waals surface area contributed by atoms with Crippen LogP contribution in [-0.2, 0) is 9.59 Å². The van der Waals surface area contributed by atoms with Gasteiger partial charge in [0.05, 0.1) is 24.5 Å². The lowest BCUT2D eigenvalue weighted by Gasteiger charge is -2.33. The summed E-state index contributed by atoms with van der Waals surface area (Å²) in [7, 11) is 0. The second-order valence-corrected chi connectivity index (χ2v) is 5.35. The first-order valence-corrected chi connectivity index (χ1v) is 6.79. The fourth-order valence-electron chi connectivity index (χ4n) is 3.25. The van der Waals surface area contributed by atoms with Crippen molar-refractivity contribution in [3.8, 4) is 0 Å². The number of likely N-dealkylation sites (tertiary alicyclic amines) is 1. The number of hydrogen-bond donors (Lipinski definition) is 2. The summed E-state index contributed by atoms with van der Waals surface area (Å²) in [5.41, 5.74) is 0. The first-order valence-electron chi connectivity index (χ1n) is 6.79. The molecule has 0 radical (unpaired) electrons. The first-order chi connectivity index (χ1) is 8.65. The van der Waals surface area contributed by atoms with Gasteiger partial charge in [-0.3, -0.25) is 9.59 Å². The van der Waals surface area contributed by atoms with Crippen LogP contribution in [0, 0.1) is 11.8 Å². The van der Waals surface area contributed by atoms with E-state index in [1.807, 2.05) is 0 Å². The largest absolute Gasteiger partial charge is 0.481 e. The van der Waals surface area contributed by atoms with Crippen LogP contribution >= 0.6 is 0 Å². The monoisotopic (exact) mass is 255 g/mol. The van der Waals surface area contributed by atoms with Crippen LogP contribution < -0.4 is 0 Å². The van der Waals surface area contributed by atoms with Gasteiger partial charge in [0, 0.05) is 6.54 Å². The van der Waals surface area contributed by atoms with Crippen molar-refractivity contribution in [2.45, 2.75) is 44.6 Å². The van der Waals surface area contributed by atoms with Crippen LogP contribution in [-0.4, -0.2) is 46.2 Å². The first kappa shape index (κ1) is 13.3. The molecular weight excluding hydrogens is 234 g/mol. The molecule has 0 aromatic carbocycles. The van der Waals surface area contributed by atoms with Gasteiger partial charge < -0.3 is 15.1 Å². The maximum absolute atomic E-state index is 12.4. The molecule has 0 aromatic rings. The minimum Gasteiger partial charge on any atom is -0.481 e. The molecule has 1 unspecified atom stereocenters. The third-order valence-corrected chi connectivity index (χ3v) is 4.27. The Hall–Kier alpha value is -1.10. The highest BCUT2D eigenvalue weighted by Gasteiger charge is 2.40. The lowest BCUT2D eigenvalue weighted by molar-refractivity contribution is -0.153. The van der Waals surface area contributed by atoms with E-state index in [2.05, 4.69) is 0 Å². The SMILES string of the molecule is O=C(O)[C@@H]1CCCC[C@@H]1C(=O)N1CCCC1CO. The summed E-state index contributed by atoms with van der Waals surface area (Å²) in [4.78, 5) is 25.4. The van der Waals surface area contributed by atoms with Crippen LogP contribution in [0.5, 0.6) is 0 Å². The van der Waals surface area contributed by atoms with Crippen molar-refractivity contribution in [1.29, 1.82) is 0 Å². The molecule has 1 saturated carbocycles. The summed E-state index contributed by atoms with van der Waals surface area (Å²) in [6, 6.07) is -0.103. The number of carboxylic acid groups (broad SMARTS) is 1. The van der Waals surface area contributed by atoms with Crippen LogP contribution in [0.2, 0.25) is 0 Å². The van der Waals surface area contributed by atoms with Crippen LogP contribution in [0.4, 0.5) is 0 Å². The van der Waals surface area contributed by atoms with Crippen molar-refractivity contribution in [3.63, 3.8) is 0 Å². The molecule has 18 heavy (non-hydrogen) atoms. The quantitative estimate of drug-likeness (QED) is 0.784. The number of carboxylic acids is 1. The Bertz CT molecular complexity index is 331. The molecule has 5 heteroatoms. The van der Waals surface area contributed by atoms with E-state index < -0.39 is 11.9 Å². The Labute approximate surface area is 107 Å². The van der Waals surface area contributed by atoms with Crippen molar-refractivity contribution in [3.05, 3.63) is 0 Å². The third kappa shape index (κ3) is 2.51. The van der Waals surface area contributed by atoms with E-state index in [0.717, 1.165) is 25.7 Å².